The second-order valence-corrected chi connectivity index (χ2v) is 13.9. The number of rotatable bonds is 13. The van der Waals surface area contributed by atoms with Crippen LogP contribution in [-0.2, 0) is 32.6 Å². The molecule has 43 heavy (non-hydrogen) atoms. The van der Waals surface area contributed by atoms with Crippen molar-refractivity contribution in [3.05, 3.63) is 100 Å². The van der Waals surface area contributed by atoms with Gasteiger partial charge in [0.25, 0.3) is 0 Å². The highest BCUT2D eigenvalue weighted by Crippen LogP contribution is 2.25. The van der Waals surface area contributed by atoms with Crippen LogP contribution in [-0.4, -0.2) is 50.0 Å². The molecule has 1 unspecified atom stereocenters. The smallest absolute Gasteiger partial charge is 0.243 e. The molecule has 0 aromatic heterocycles. The van der Waals surface area contributed by atoms with Gasteiger partial charge >= 0.3 is 0 Å². The maximum Gasteiger partial charge on any atom is 0.243 e. The highest BCUT2D eigenvalue weighted by molar-refractivity contribution is 7.92. The molecular weight excluding hydrogens is 582 g/mol. The highest BCUT2D eigenvalue weighted by Gasteiger charge is 2.32. The third kappa shape index (κ3) is 9.31. The average molecular weight is 624 g/mol. The van der Waals surface area contributed by atoms with E-state index in [1.807, 2.05) is 80.6 Å². The number of carbonyl (C=O) groups excluding carboxylic acids is 2. The van der Waals surface area contributed by atoms with Gasteiger partial charge in [0.05, 0.1) is 11.9 Å². The van der Waals surface area contributed by atoms with Crippen molar-refractivity contribution < 1.29 is 18.0 Å². The van der Waals surface area contributed by atoms with Crippen molar-refractivity contribution in [2.45, 2.75) is 77.4 Å². The minimum atomic E-state index is -3.58. The van der Waals surface area contributed by atoms with Crippen molar-refractivity contribution in [2.75, 3.05) is 17.1 Å². The van der Waals surface area contributed by atoms with E-state index in [2.05, 4.69) is 5.32 Å². The summed E-state index contributed by atoms with van der Waals surface area (Å²) in [4.78, 5) is 29.5. The minimum Gasteiger partial charge on any atom is -0.352 e. The van der Waals surface area contributed by atoms with Crippen LogP contribution in [0.1, 0.15) is 60.8 Å². The summed E-state index contributed by atoms with van der Waals surface area (Å²) in [7, 11) is -3.58. The zero-order valence-electron chi connectivity index (χ0n) is 25.3. The van der Waals surface area contributed by atoms with Crippen molar-refractivity contribution in [3.8, 4) is 0 Å². The van der Waals surface area contributed by atoms with Crippen LogP contribution in [0, 0.1) is 13.8 Å². The Balaban J connectivity index is 1.60. The van der Waals surface area contributed by atoms with Gasteiger partial charge in [-0.25, -0.2) is 8.42 Å². The van der Waals surface area contributed by atoms with Gasteiger partial charge in [-0.1, -0.05) is 79.0 Å². The van der Waals surface area contributed by atoms with Gasteiger partial charge in [-0.3, -0.25) is 13.9 Å². The third-order valence-electron chi connectivity index (χ3n) is 7.92. The van der Waals surface area contributed by atoms with Gasteiger partial charge in [0.1, 0.15) is 6.04 Å². The first kappa shape index (κ1) is 32.6. The van der Waals surface area contributed by atoms with Crippen LogP contribution >= 0.6 is 11.6 Å². The Labute approximate surface area is 261 Å². The number of nitrogens with zero attached hydrogens (tertiary/aromatic N) is 2. The summed E-state index contributed by atoms with van der Waals surface area (Å²) in [6.45, 7) is 4.17. The molecule has 0 bridgehead atoms. The fourth-order valence-corrected chi connectivity index (χ4v) is 6.97. The maximum absolute atomic E-state index is 14.0. The summed E-state index contributed by atoms with van der Waals surface area (Å²) in [5.41, 5.74) is 4.20. The fraction of sp³-hybridized carbons (Fsp3) is 0.412. The molecule has 0 heterocycles. The molecule has 0 spiro atoms. The van der Waals surface area contributed by atoms with Gasteiger partial charge in [-0.05, 0) is 73.6 Å². The first-order valence-electron chi connectivity index (χ1n) is 14.9. The van der Waals surface area contributed by atoms with Crippen LogP contribution in [0.25, 0.3) is 0 Å². The van der Waals surface area contributed by atoms with E-state index in [4.69, 9.17) is 11.6 Å². The molecule has 0 radical (unpaired) electrons. The third-order valence-corrected chi connectivity index (χ3v) is 9.48. The Morgan fingerprint density at radius 2 is 1.58 bits per heavy atom. The number of halogens is 1. The van der Waals surface area contributed by atoms with Gasteiger partial charge < -0.3 is 10.2 Å². The number of sulfonamides is 1. The van der Waals surface area contributed by atoms with E-state index in [9.17, 15) is 18.0 Å². The van der Waals surface area contributed by atoms with Crippen molar-refractivity contribution in [2.24, 2.45) is 0 Å². The second kappa shape index (κ2) is 14.9. The number of anilines is 1. The Morgan fingerprint density at radius 1 is 0.953 bits per heavy atom. The number of carbonyl (C=O) groups is 2. The van der Waals surface area contributed by atoms with Gasteiger partial charge in [-0.2, -0.15) is 0 Å². The lowest BCUT2D eigenvalue weighted by atomic mass is 10.0. The summed E-state index contributed by atoms with van der Waals surface area (Å²) in [5, 5.41) is 3.73. The topological polar surface area (TPSA) is 86.8 Å². The minimum absolute atomic E-state index is 0.0727. The molecule has 0 aliphatic heterocycles. The number of nitrogens with one attached hydrogen (secondary N) is 1. The van der Waals surface area contributed by atoms with Gasteiger partial charge in [0, 0.05) is 37.0 Å². The number of benzene rings is 3. The molecule has 1 saturated carbocycles. The zero-order valence-corrected chi connectivity index (χ0v) is 26.8. The lowest BCUT2D eigenvalue weighted by Gasteiger charge is -2.33. The first-order chi connectivity index (χ1) is 20.5. The van der Waals surface area contributed by atoms with E-state index < -0.39 is 16.1 Å². The summed E-state index contributed by atoms with van der Waals surface area (Å²) < 4.78 is 26.9. The molecule has 1 fully saturated rings. The highest BCUT2D eigenvalue weighted by atomic mass is 35.5. The van der Waals surface area contributed by atoms with Crippen LogP contribution in [0.2, 0.25) is 5.02 Å². The lowest BCUT2D eigenvalue weighted by Crippen LogP contribution is -2.52. The number of hydrogen-bond acceptors (Lipinski definition) is 4. The van der Waals surface area contributed by atoms with E-state index in [0.29, 0.717) is 23.6 Å². The number of aryl methyl sites for hydroxylation is 2. The van der Waals surface area contributed by atoms with Crippen molar-refractivity contribution >= 4 is 39.1 Å². The summed E-state index contributed by atoms with van der Waals surface area (Å²) in [5.74, 6) is -0.402. The van der Waals surface area contributed by atoms with E-state index in [1.54, 1.807) is 11.0 Å². The van der Waals surface area contributed by atoms with E-state index in [-0.39, 0.29) is 37.4 Å². The van der Waals surface area contributed by atoms with Crippen LogP contribution in [0.4, 0.5) is 5.69 Å². The van der Waals surface area contributed by atoms with Crippen LogP contribution < -0.4 is 9.62 Å². The second-order valence-electron chi connectivity index (χ2n) is 11.6. The van der Waals surface area contributed by atoms with E-state index in [0.717, 1.165) is 47.9 Å². The quantitative estimate of drug-likeness (QED) is 0.246. The largest absolute Gasteiger partial charge is 0.352 e. The summed E-state index contributed by atoms with van der Waals surface area (Å²) in [6, 6.07) is 22.0. The molecular formula is C34H42ClN3O4S. The lowest BCUT2D eigenvalue weighted by molar-refractivity contribution is -0.141. The van der Waals surface area contributed by atoms with Gasteiger partial charge in [0.15, 0.2) is 0 Å². The molecule has 9 heteroatoms. The monoisotopic (exact) mass is 623 g/mol. The summed E-state index contributed by atoms with van der Waals surface area (Å²) >= 11 is 6.53. The van der Waals surface area contributed by atoms with Crippen LogP contribution in [0.15, 0.2) is 72.8 Å². The Morgan fingerprint density at radius 3 is 2.21 bits per heavy atom. The molecule has 1 N–H and O–H groups in total. The Kier molecular flexibility index (Phi) is 11.3. The predicted octanol–water partition coefficient (Wildman–Crippen LogP) is 6.20. The van der Waals surface area contributed by atoms with E-state index in [1.165, 1.54) is 10.6 Å². The molecule has 2 amide bonds. The molecule has 4 rings (SSSR count). The predicted molar refractivity (Wildman–Crippen MR) is 174 cm³/mol. The molecule has 3 aromatic carbocycles. The first-order valence-corrected chi connectivity index (χ1v) is 17.2. The zero-order chi connectivity index (χ0) is 31.0. The fourth-order valence-electron chi connectivity index (χ4n) is 5.83. The average Bonchev–Trinajstić information content (AvgIpc) is 3.46. The normalized spacial score (nSPS) is 14.3. The molecule has 0 saturated heterocycles. The molecule has 1 atom stereocenters. The van der Waals surface area contributed by atoms with Crippen molar-refractivity contribution in [1.29, 1.82) is 0 Å². The van der Waals surface area contributed by atoms with Gasteiger partial charge in [-0.15, -0.1) is 0 Å². The van der Waals surface area contributed by atoms with Crippen molar-refractivity contribution in [1.82, 2.24) is 10.2 Å². The molecule has 3 aromatic rings. The van der Waals surface area contributed by atoms with Gasteiger partial charge in [0.2, 0.25) is 21.8 Å². The number of hydrogen-bond donors (Lipinski definition) is 1. The Hall–Kier alpha value is -3.36. The van der Waals surface area contributed by atoms with Crippen LogP contribution in [0.3, 0.4) is 0 Å². The maximum atomic E-state index is 14.0. The molecule has 1 aliphatic carbocycles. The number of amides is 2. The Bertz CT molecular complexity index is 1490. The van der Waals surface area contributed by atoms with Crippen molar-refractivity contribution in [3.63, 3.8) is 0 Å². The molecule has 230 valence electrons. The SMILES string of the molecule is Cc1cc(C)cc(N(CCCC(=O)N(Cc2ccccc2Cl)C(Cc2ccccc2)C(=O)NC2CCCC2)S(C)(=O)=O)c1. The molecule has 7 nitrogen and oxygen atoms in total. The molecule has 1 aliphatic rings. The standard InChI is InChI=1S/C34H42ClN3O4S/c1-25-20-26(2)22-30(21-25)38(43(3,41)42)19-11-18-33(39)37(24-28-14-7-10-17-31(28)35)32(23-27-12-5-4-6-13-27)34(40)36-29-15-8-9-16-29/h4-7,10,12-14,17,20-22,29,32H,8-9,11,15-16,18-19,23-24H2,1-3H3,(H,36,40). The van der Waals surface area contributed by atoms with E-state index >= 15 is 0 Å². The van der Waals surface area contributed by atoms with Crippen LogP contribution in [0.5, 0.6) is 0 Å². The summed E-state index contributed by atoms with van der Waals surface area (Å²) in [6.07, 6.45) is 5.92.